The summed E-state index contributed by atoms with van der Waals surface area (Å²) in [6.07, 6.45) is -4.79. The van der Waals surface area contributed by atoms with E-state index in [4.69, 9.17) is 17.3 Å². The van der Waals surface area contributed by atoms with E-state index in [0.29, 0.717) is 0 Å². The first-order valence-electron chi connectivity index (χ1n) is 3.61. The van der Waals surface area contributed by atoms with Crippen LogP contribution >= 0.6 is 11.6 Å². The fraction of sp³-hybridized carbons (Fsp3) is 1.00. The molecule has 0 radical (unpaired) electrons. The summed E-state index contributed by atoms with van der Waals surface area (Å²) in [7, 11) is 0. The van der Waals surface area contributed by atoms with Crippen LogP contribution in [0, 0.1) is 5.92 Å². The van der Waals surface area contributed by atoms with Gasteiger partial charge in [-0.2, -0.15) is 13.2 Å². The molecular formula is C6H10ClF3N2. The highest BCUT2D eigenvalue weighted by molar-refractivity contribution is 6.21. The zero-order chi connectivity index (χ0) is 9.35. The molecule has 1 aliphatic heterocycles. The molecule has 1 heterocycles. The molecule has 0 aromatic rings. The molecule has 3 unspecified atom stereocenters. The van der Waals surface area contributed by atoms with Gasteiger partial charge in [0.05, 0.1) is 17.5 Å². The molecule has 0 saturated carbocycles. The van der Waals surface area contributed by atoms with E-state index in [1.807, 2.05) is 0 Å². The average molecular weight is 203 g/mol. The molecule has 72 valence electrons. The molecule has 3 N–H and O–H groups in total. The van der Waals surface area contributed by atoms with Crippen LogP contribution in [0.3, 0.4) is 0 Å². The molecule has 0 aliphatic carbocycles. The lowest BCUT2D eigenvalue weighted by Gasteiger charge is -2.32. The molecule has 3 atom stereocenters. The van der Waals surface area contributed by atoms with E-state index in [9.17, 15) is 13.2 Å². The number of halogens is 4. The lowest BCUT2D eigenvalue weighted by Crippen LogP contribution is -2.54. The molecule has 1 saturated heterocycles. The minimum atomic E-state index is -4.17. The van der Waals surface area contributed by atoms with Crippen molar-refractivity contribution in [1.82, 2.24) is 5.32 Å². The quantitative estimate of drug-likeness (QED) is 0.577. The van der Waals surface area contributed by atoms with Gasteiger partial charge in [-0.3, -0.25) is 0 Å². The predicted octanol–water partition coefficient (Wildman–Crippen LogP) is 1.05. The second kappa shape index (κ2) is 3.40. The van der Waals surface area contributed by atoms with Gasteiger partial charge in [0.15, 0.2) is 0 Å². The molecule has 2 nitrogen and oxygen atoms in total. The molecule has 6 heteroatoms. The Kier molecular flexibility index (Phi) is 2.85. The number of rotatable bonds is 0. The topological polar surface area (TPSA) is 38.0 Å². The van der Waals surface area contributed by atoms with E-state index in [0.717, 1.165) is 0 Å². The summed E-state index contributed by atoms with van der Waals surface area (Å²) in [4.78, 5) is 0. The zero-order valence-corrected chi connectivity index (χ0v) is 6.99. The normalized spacial score (nSPS) is 38.2. The summed E-state index contributed by atoms with van der Waals surface area (Å²) in [6.45, 7) is -0.131. The highest BCUT2D eigenvalue weighted by Gasteiger charge is 2.43. The van der Waals surface area contributed by atoms with Gasteiger partial charge in [0.1, 0.15) is 0 Å². The van der Waals surface area contributed by atoms with Gasteiger partial charge in [-0.15, -0.1) is 11.6 Å². The largest absolute Gasteiger partial charge is 0.393 e. The summed E-state index contributed by atoms with van der Waals surface area (Å²) < 4.78 is 36.3. The predicted molar refractivity (Wildman–Crippen MR) is 39.8 cm³/mol. The maximum Gasteiger partial charge on any atom is 0.393 e. The summed E-state index contributed by atoms with van der Waals surface area (Å²) in [5, 5.41) is 1.88. The minimum absolute atomic E-state index is 0.0980. The van der Waals surface area contributed by atoms with Gasteiger partial charge in [-0.05, 0) is 6.42 Å². The van der Waals surface area contributed by atoms with Gasteiger partial charge in [-0.25, -0.2) is 0 Å². The van der Waals surface area contributed by atoms with Crippen molar-refractivity contribution >= 4 is 11.6 Å². The van der Waals surface area contributed by atoms with Crippen LogP contribution < -0.4 is 11.1 Å². The van der Waals surface area contributed by atoms with E-state index in [1.165, 1.54) is 0 Å². The SMILES string of the molecule is NC1NCC(C(F)(F)F)CC1Cl. The van der Waals surface area contributed by atoms with Crippen molar-refractivity contribution in [2.24, 2.45) is 11.7 Å². The fourth-order valence-electron chi connectivity index (χ4n) is 1.16. The highest BCUT2D eigenvalue weighted by Crippen LogP contribution is 2.32. The van der Waals surface area contributed by atoms with Crippen molar-refractivity contribution < 1.29 is 13.2 Å². The second-order valence-electron chi connectivity index (χ2n) is 2.92. The number of piperidine rings is 1. The van der Waals surface area contributed by atoms with Crippen molar-refractivity contribution in [3.8, 4) is 0 Å². The van der Waals surface area contributed by atoms with E-state index in [2.05, 4.69) is 5.32 Å². The summed E-state index contributed by atoms with van der Waals surface area (Å²) in [6, 6.07) is 0. The first kappa shape index (κ1) is 10.1. The molecule has 1 rings (SSSR count). The standard InChI is InChI=1S/C6H10ClF3N2/c7-4-1-3(6(8,9)10)2-12-5(4)11/h3-5,12H,1-2,11H2. The Balaban J connectivity index is 2.51. The van der Waals surface area contributed by atoms with E-state index in [1.54, 1.807) is 0 Å². The monoisotopic (exact) mass is 202 g/mol. The number of hydrogen-bond acceptors (Lipinski definition) is 2. The fourth-order valence-corrected chi connectivity index (χ4v) is 1.46. The third-order valence-corrected chi connectivity index (χ3v) is 2.41. The Hall–Kier alpha value is -0.0000000000000000555. The first-order valence-corrected chi connectivity index (χ1v) is 4.04. The van der Waals surface area contributed by atoms with Gasteiger partial charge in [-0.1, -0.05) is 0 Å². The second-order valence-corrected chi connectivity index (χ2v) is 3.48. The maximum absolute atomic E-state index is 12.1. The summed E-state index contributed by atoms with van der Waals surface area (Å²) >= 11 is 5.58. The Labute approximate surface area is 73.2 Å². The van der Waals surface area contributed by atoms with E-state index < -0.39 is 23.6 Å². The third kappa shape index (κ3) is 2.24. The third-order valence-electron chi connectivity index (χ3n) is 1.96. The van der Waals surface area contributed by atoms with E-state index >= 15 is 0 Å². The molecule has 0 aromatic heterocycles. The van der Waals surface area contributed by atoms with Crippen LogP contribution in [-0.2, 0) is 0 Å². The molecule has 1 aliphatic rings. The van der Waals surface area contributed by atoms with Gasteiger partial charge in [0.2, 0.25) is 0 Å². The van der Waals surface area contributed by atoms with Crippen LogP contribution in [0.5, 0.6) is 0 Å². The van der Waals surface area contributed by atoms with Gasteiger partial charge >= 0.3 is 6.18 Å². The van der Waals surface area contributed by atoms with Gasteiger partial charge < -0.3 is 11.1 Å². The summed E-state index contributed by atoms with van der Waals surface area (Å²) in [5.41, 5.74) is 5.37. The maximum atomic E-state index is 12.1. The van der Waals surface area contributed by atoms with Crippen molar-refractivity contribution in [3.63, 3.8) is 0 Å². The summed E-state index contributed by atoms with van der Waals surface area (Å²) in [5.74, 6) is -1.36. The van der Waals surface area contributed by atoms with E-state index in [-0.39, 0.29) is 13.0 Å². The average Bonchev–Trinajstić information content (AvgIpc) is 1.92. The minimum Gasteiger partial charge on any atom is -0.315 e. The Morgan fingerprint density at radius 3 is 2.42 bits per heavy atom. The molecular weight excluding hydrogens is 193 g/mol. The number of nitrogens with two attached hydrogens (primary N) is 1. The van der Waals surface area contributed by atoms with Crippen molar-refractivity contribution in [2.45, 2.75) is 24.1 Å². The molecule has 0 spiro atoms. The molecule has 12 heavy (non-hydrogen) atoms. The van der Waals surface area contributed by atoms with Gasteiger partial charge in [0.25, 0.3) is 0 Å². The lowest BCUT2D eigenvalue weighted by atomic mass is 9.97. The van der Waals surface area contributed by atoms with Crippen LogP contribution in [0.25, 0.3) is 0 Å². The van der Waals surface area contributed by atoms with Gasteiger partial charge in [0, 0.05) is 6.54 Å². The van der Waals surface area contributed by atoms with Crippen molar-refractivity contribution in [2.75, 3.05) is 6.54 Å². The zero-order valence-electron chi connectivity index (χ0n) is 6.24. The molecule has 0 aromatic carbocycles. The Morgan fingerprint density at radius 2 is 2.00 bits per heavy atom. The van der Waals surface area contributed by atoms with Crippen LogP contribution in [0.4, 0.5) is 13.2 Å². The first-order chi connectivity index (χ1) is 5.41. The number of hydrogen-bond donors (Lipinski definition) is 2. The Morgan fingerprint density at radius 1 is 1.42 bits per heavy atom. The lowest BCUT2D eigenvalue weighted by molar-refractivity contribution is -0.179. The smallest absolute Gasteiger partial charge is 0.315 e. The highest BCUT2D eigenvalue weighted by atomic mass is 35.5. The van der Waals surface area contributed by atoms with Crippen LogP contribution in [0.1, 0.15) is 6.42 Å². The Bertz CT molecular complexity index is 161. The van der Waals surface area contributed by atoms with Crippen LogP contribution in [0.15, 0.2) is 0 Å². The molecule has 1 fully saturated rings. The number of alkyl halides is 4. The number of nitrogens with one attached hydrogen (secondary N) is 1. The van der Waals surface area contributed by atoms with Crippen LogP contribution in [-0.4, -0.2) is 24.3 Å². The molecule has 0 amide bonds. The van der Waals surface area contributed by atoms with Crippen molar-refractivity contribution in [1.29, 1.82) is 0 Å². The molecule has 0 bridgehead atoms. The van der Waals surface area contributed by atoms with Crippen molar-refractivity contribution in [3.05, 3.63) is 0 Å². The van der Waals surface area contributed by atoms with Crippen LogP contribution in [0.2, 0.25) is 0 Å².